The number of benzene rings is 1. The molecule has 216 valence electrons. The van der Waals surface area contributed by atoms with Gasteiger partial charge in [-0.15, -0.1) is 23.1 Å². The molecule has 0 amide bonds. The molecule has 1 unspecified atom stereocenters. The number of imidazole rings is 1. The number of rotatable bonds is 8. The smallest absolute Gasteiger partial charge is 0.295 e. The average Bonchev–Trinajstić information content (AvgIpc) is 3.51. The van der Waals surface area contributed by atoms with Gasteiger partial charge in [0, 0.05) is 21.4 Å². The summed E-state index contributed by atoms with van der Waals surface area (Å²) >= 11 is 5.31. The Bertz CT molecular complexity index is 1670. The van der Waals surface area contributed by atoms with Crippen LogP contribution in [-0.2, 0) is 0 Å². The number of hydrogen-bond acceptors (Lipinski definition) is 9. The zero-order valence-electron chi connectivity index (χ0n) is 23.6. The van der Waals surface area contributed by atoms with Crippen molar-refractivity contribution in [3.8, 4) is 10.6 Å². The second-order valence-electron chi connectivity index (χ2n) is 8.67. The summed E-state index contributed by atoms with van der Waals surface area (Å²) in [6.07, 6.45) is 0.878. The number of hydrogen-bond donors (Lipinski definition) is 2. The Morgan fingerprint density at radius 2 is 1.68 bits per heavy atom. The van der Waals surface area contributed by atoms with Gasteiger partial charge < -0.3 is 10.6 Å². The quantitative estimate of drug-likeness (QED) is 0.0929. The van der Waals surface area contributed by atoms with E-state index in [4.69, 9.17) is 0 Å². The third-order valence-corrected chi connectivity index (χ3v) is 10.1. The molecule has 0 aliphatic carbocycles. The van der Waals surface area contributed by atoms with E-state index in [1.54, 1.807) is 35.4 Å². The maximum absolute atomic E-state index is 13.9. The van der Waals surface area contributed by atoms with Crippen LogP contribution in [0.15, 0.2) is 35.4 Å². The molecule has 0 bridgehead atoms. The van der Waals surface area contributed by atoms with Crippen LogP contribution in [0.3, 0.4) is 0 Å². The van der Waals surface area contributed by atoms with Crippen LogP contribution < -0.4 is 10.6 Å². The average molecular weight is 727 g/mol. The molecular weight excluding hydrogens is 696 g/mol. The van der Waals surface area contributed by atoms with E-state index in [1.165, 1.54) is 9.21 Å². The lowest BCUT2D eigenvalue weighted by atomic mass is 10.2. The van der Waals surface area contributed by atoms with Gasteiger partial charge in [-0.3, -0.25) is 9.32 Å². The van der Waals surface area contributed by atoms with Crippen molar-refractivity contribution >= 4 is 85.7 Å². The molecule has 1 atom stereocenters. The van der Waals surface area contributed by atoms with Crippen LogP contribution in [-0.4, -0.2) is 35.5 Å². The van der Waals surface area contributed by atoms with Gasteiger partial charge in [-0.25, -0.2) is 28.7 Å². The van der Waals surface area contributed by atoms with Crippen molar-refractivity contribution in [2.24, 2.45) is 0 Å². The van der Waals surface area contributed by atoms with Crippen molar-refractivity contribution in [1.29, 1.82) is 0 Å². The number of nitrogens with one attached hydrogen (secondary N) is 2. The van der Waals surface area contributed by atoms with Crippen LogP contribution in [0.25, 0.3) is 21.7 Å². The van der Waals surface area contributed by atoms with Gasteiger partial charge in [0.25, 0.3) is 6.43 Å². The lowest BCUT2D eigenvalue weighted by Gasteiger charge is -2.14. The summed E-state index contributed by atoms with van der Waals surface area (Å²) in [6.45, 7) is 11.8. The molecule has 5 rings (SSSR count). The molecule has 0 saturated heterocycles. The first-order valence-electron chi connectivity index (χ1n) is 12.7. The molecule has 0 spiro atoms. The summed E-state index contributed by atoms with van der Waals surface area (Å²) in [7, 11) is 0. The van der Waals surface area contributed by atoms with Gasteiger partial charge in [0.2, 0.25) is 0 Å². The molecule has 0 saturated carbocycles. The van der Waals surface area contributed by atoms with E-state index in [1.807, 2.05) is 53.0 Å². The van der Waals surface area contributed by atoms with Gasteiger partial charge in [0.05, 0.1) is 41.0 Å². The largest absolute Gasteiger partial charge is 0.353 e. The first-order chi connectivity index (χ1) is 19.7. The van der Waals surface area contributed by atoms with E-state index in [2.05, 4.69) is 70.6 Å². The molecule has 4 aromatic heterocycles. The lowest BCUT2D eigenvalue weighted by Crippen LogP contribution is -2.02. The number of anilines is 4. The summed E-state index contributed by atoms with van der Waals surface area (Å²) in [5, 5.41) is 7.58. The molecule has 14 heteroatoms. The summed E-state index contributed by atoms with van der Waals surface area (Å²) < 4.78 is 29.3. The molecule has 4 heterocycles. The highest BCUT2D eigenvalue weighted by Gasteiger charge is 2.23. The highest BCUT2D eigenvalue weighted by atomic mass is 127. The first kappa shape index (κ1) is 31.5. The topological polar surface area (TPSA) is 93.4 Å². The van der Waals surface area contributed by atoms with E-state index in [0.717, 1.165) is 38.2 Å². The highest BCUT2D eigenvalue weighted by molar-refractivity contribution is 14.2. The fourth-order valence-electron chi connectivity index (χ4n) is 3.86. The van der Waals surface area contributed by atoms with Crippen LogP contribution in [0.5, 0.6) is 0 Å². The van der Waals surface area contributed by atoms with Crippen molar-refractivity contribution < 1.29 is 8.78 Å². The van der Waals surface area contributed by atoms with E-state index in [9.17, 15) is 8.78 Å². The minimum Gasteiger partial charge on any atom is -0.353 e. The van der Waals surface area contributed by atoms with Gasteiger partial charge >= 0.3 is 0 Å². The predicted molar refractivity (Wildman–Crippen MR) is 178 cm³/mol. The SMILES string of the molecule is CC.CSc1cc(-c2nc(C)c(C)s2)ccc1Nc1cc(Nc2cnc(C)c(C)n2)nc2c1nc(C(F)F)n2PI. The number of pyridine rings is 1. The van der Waals surface area contributed by atoms with Crippen LogP contribution in [0.1, 0.15) is 48.1 Å². The van der Waals surface area contributed by atoms with E-state index in [-0.39, 0.29) is 12.2 Å². The van der Waals surface area contributed by atoms with Gasteiger partial charge in [-0.05, 0) is 74.2 Å². The monoisotopic (exact) mass is 726 g/mol. The predicted octanol–water partition coefficient (Wildman–Crippen LogP) is 9.54. The number of fused-ring (bicyclic) bond motifs is 1. The number of halogens is 3. The number of thiazole rings is 1. The number of alkyl halides is 2. The normalized spacial score (nSPS) is 11.4. The molecule has 0 aliphatic rings. The number of aromatic nitrogens is 6. The second-order valence-corrected chi connectivity index (χ2v) is 12.8. The van der Waals surface area contributed by atoms with Crippen molar-refractivity contribution in [1.82, 2.24) is 29.3 Å². The molecule has 2 N–H and O–H groups in total. The molecule has 0 radical (unpaired) electrons. The Labute approximate surface area is 260 Å². The lowest BCUT2D eigenvalue weighted by molar-refractivity contribution is 0.140. The Morgan fingerprint density at radius 1 is 0.927 bits per heavy atom. The van der Waals surface area contributed by atoms with Crippen LogP contribution in [0.2, 0.25) is 0 Å². The Balaban J connectivity index is 0.00000189. The Hall–Kier alpha value is -2.48. The minimum atomic E-state index is -2.73. The van der Waals surface area contributed by atoms with Crippen molar-refractivity contribution in [3.63, 3.8) is 0 Å². The molecule has 1 aromatic carbocycles. The Morgan fingerprint density at radius 3 is 2.29 bits per heavy atom. The number of thioether (sulfide) groups is 1. The van der Waals surface area contributed by atoms with Crippen molar-refractivity contribution in [2.75, 3.05) is 16.9 Å². The van der Waals surface area contributed by atoms with E-state index in [0.29, 0.717) is 28.5 Å². The fraction of sp³-hybridized carbons (Fsp3) is 0.296. The third-order valence-electron chi connectivity index (χ3n) is 6.12. The van der Waals surface area contributed by atoms with Crippen LogP contribution in [0.4, 0.5) is 31.8 Å². The molecule has 0 fully saturated rings. The standard InChI is InChI=1S/C25H24F2IN8PS2.C2H6/c1-11-12(2)30-20(10-29-11)33-19-9-17(21-23(34-19)36(37-28)24(35-21)22(26)27)32-16-7-6-15(8-18(16)38-5)25-31-13(3)14(4)39-25;1-2/h6-10,22,37H,1-5H3,(H2,30,32,33,34);1-2H3. The maximum atomic E-state index is 13.9. The summed E-state index contributed by atoms with van der Waals surface area (Å²) in [6, 6.07) is 7.83. The molecule has 8 nitrogen and oxygen atoms in total. The number of nitrogens with zero attached hydrogens (tertiary/aromatic N) is 6. The molecule has 0 aliphatic heterocycles. The Kier molecular flexibility index (Phi) is 10.5. The summed E-state index contributed by atoms with van der Waals surface area (Å²) in [4.78, 5) is 24.7. The first-order valence-corrected chi connectivity index (χ1v) is 18.8. The third kappa shape index (κ3) is 6.79. The van der Waals surface area contributed by atoms with Gasteiger partial charge in [-0.1, -0.05) is 13.8 Å². The van der Waals surface area contributed by atoms with Crippen LogP contribution >= 0.6 is 51.5 Å². The summed E-state index contributed by atoms with van der Waals surface area (Å²) in [5.41, 5.74) is 5.77. The van der Waals surface area contributed by atoms with Crippen molar-refractivity contribution in [2.45, 2.75) is 52.9 Å². The minimum absolute atomic E-state index is 0.00625. The molecule has 41 heavy (non-hydrogen) atoms. The van der Waals surface area contributed by atoms with E-state index >= 15 is 0 Å². The second kappa shape index (κ2) is 13.7. The van der Waals surface area contributed by atoms with Gasteiger partial charge in [0.1, 0.15) is 22.2 Å². The van der Waals surface area contributed by atoms with Crippen LogP contribution in [0, 0.1) is 27.7 Å². The van der Waals surface area contributed by atoms with E-state index < -0.39 is 6.43 Å². The van der Waals surface area contributed by atoms with Gasteiger partial charge in [0.15, 0.2) is 11.5 Å². The number of aryl methyl sites for hydroxylation is 4. The zero-order valence-corrected chi connectivity index (χ0v) is 28.4. The zero-order chi connectivity index (χ0) is 29.8. The maximum Gasteiger partial charge on any atom is 0.295 e. The van der Waals surface area contributed by atoms with Gasteiger partial charge in [-0.2, -0.15) is 0 Å². The van der Waals surface area contributed by atoms with Crippen molar-refractivity contribution in [3.05, 3.63) is 58.2 Å². The fourth-order valence-corrected chi connectivity index (χ4v) is 7.25. The summed E-state index contributed by atoms with van der Waals surface area (Å²) in [5.74, 6) is 0.637. The molecular formula is C27H30F2IN8PS2. The highest BCUT2D eigenvalue weighted by Crippen LogP contribution is 2.40. The molecule has 5 aromatic rings.